The van der Waals surface area contributed by atoms with Crippen molar-refractivity contribution >= 4 is 22.3 Å². The Morgan fingerprint density at radius 1 is 0.952 bits per heavy atom. The number of aromatic nitrogens is 3. The van der Waals surface area contributed by atoms with Gasteiger partial charge in [0.15, 0.2) is 0 Å². The van der Waals surface area contributed by atoms with E-state index in [2.05, 4.69) is 26.8 Å². The number of nitrogen functional groups attached to an aromatic ring is 2. The van der Waals surface area contributed by atoms with Crippen LogP contribution in [-0.2, 0) is 0 Å². The summed E-state index contributed by atoms with van der Waals surface area (Å²) >= 11 is 0. The molecule has 5 nitrogen and oxygen atoms in total. The molecule has 0 atom stereocenters. The molecule has 0 bridgehead atoms. The Balaban J connectivity index is 0.00000176. The zero-order chi connectivity index (χ0) is 14.8. The zero-order valence-electron chi connectivity index (χ0n) is 11.5. The van der Waals surface area contributed by atoms with E-state index in [1.54, 1.807) is 30.7 Å². The topological polar surface area (TPSA) is 90.7 Å². The maximum atomic E-state index is 5.76. The van der Waals surface area contributed by atoms with Crippen molar-refractivity contribution in [2.24, 2.45) is 0 Å². The van der Waals surface area contributed by atoms with Crippen molar-refractivity contribution in [2.45, 2.75) is 6.92 Å². The Hall–Kier alpha value is -3.13. The zero-order valence-corrected chi connectivity index (χ0v) is 11.5. The summed E-state index contributed by atoms with van der Waals surface area (Å²) in [7, 11) is 0. The van der Waals surface area contributed by atoms with Gasteiger partial charge in [-0.1, -0.05) is 5.92 Å². The Kier molecular flexibility index (Phi) is 3.13. The van der Waals surface area contributed by atoms with Crippen LogP contribution in [0, 0.1) is 18.8 Å². The quantitative estimate of drug-likeness (QED) is 0.614. The fraction of sp³-hybridized carbons (Fsp3) is 0.0625. The van der Waals surface area contributed by atoms with Crippen LogP contribution in [0.1, 0.15) is 18.4 Å². The summed E-state index contributed by atoms with van der Waals surface area (Å²) in [6.45, 7) is 1.93. The largest absolute Gasteiger partial charge is 0.397 e. The molecule has 0 aliphatic rings. The lowest BCUT2D eigenvalue weighted by Crippen LogP contribution is -1.94. The van der Waals surface area contributed by atoms with Gasteiger partial charge in [0, 0.05) is 30.3 Å². The molecule has 0 aliphatic heterocycles. The number of nitrogens with two attached hydrogens (primary N) is 2. The summed E-state index contributed by atoms with van der Waals surface area (Å²) in [6.07, 6.45) is 5.04. The molecule has 21 heavy (non-hydrogen) atoms. The molecule has 3 heterocycles. The minimum absolute atomic E-state index is 0. The van der Waals surface area contributed by atoms with Crippen LogP contribution in [0.5, 0.6) is 0 Å². The highest BCUT2D eigenvalue weighted by molar-refractivity contribution is 5.90. The third-order valence-electron chi connectivity index (χ3n) is 3.10. The van der Waals surface area contributed by atoms with E-state index in [0.717, 1.165) is 22.0 Å². The summed E-state index contributed by atoms with van der Waals surface area (Å²) in [6, 6.07) is 5.36. The van der Waals surface area contributed by atoms with Crippen LogP contribution >= 0.6 is 0 Å². The third-order valence-corrected chi connectivity index (χ3v) is 3.10. The van der Waals surface area contributed by atoms with Gasteiger partial charge in [0.2, 0.25) is 0 Å². The molecule has 5 heteroatoms. The second kappa shape index (κ2) is 5.10. The van der Waals surface area contributed by atoms with Gasteiger partial charge < -0.3 is 11.5 Å². The standard InChI is InChI=1S/C16H13N5.H2/c1-10-15-9-21-16(18)6-14(15)11(7-19-10)2-4-13-5-3-12(17)8-20-13;/h3,5-9H,17H2,1H3,(H2,18,21);1H. The first kappa shape index (κ1) is 12.9. The Labute approximate surface area is 123 Å². The van der Waals surface area contributed by atoms with Gasteiger partial charge in [0.05, 0.1) is 17.4 Å². The molecular weight excluding hydrogens is 262 g/mol. The highest BCUT2D eigenvalue weighted by Gasteiger charge is 2.04. The van der Waals surface area contributed by atoms with E-state index in [1.165, 1.54) is 0 Å². The molecular formula is C16H15N5. The van der Waals surface area contributed by atoms with E-state index in [-0.39, 0.29) is 1.43 Å². The number of fused-ring (bicyclic) bond motifs is 1. The lowest BCUT2D eigenvalue weighted by atomic mass is 10.1. The van der Waals surface area contributed by atoms with Gasteiger partial charge in [-0.2, -0.15) is 0 Å². The maximum absolute atomic E-state index is 5.76. The first-order valence-corrected chi connectivity index (χ1v) is 6.38. The molecule has 3 aromatic heterocycles. The second-order valence-corrected chi connectivity index (χ2v) is 4.64. The van der Waals surface area contributed by atoms with E-state index in [4.69, 9.17) is 11.5 Å². The molecule has 0 spiro atoms. The SMILES string of the molecule is Cc1ncc(C#Cc2ccc(N)cn2)c2cc(N)ncc12.[HH]. The van der Waals surface area contributed by atoms with Crippen molar-refractivity contribution in [3.63, 3.8) is 0 Å². The summed E-state index contributed by atoms with van der Waals surface area (Å²) in [4.78, 5) is 12.6. The molecule has 4 N–H and O–H groups in total. The molecule has 0 radical (unpaired) electrons. The average Bonchev–Trinajstić information content (AvgIpc) is 2.48. The highest BCUT2D eigenvalue weighted by atomic mass is 14.8. The Morgan fingerprint density at radius 2 is 1.81 bits per heavy atom. The number of aryl methyl sites for hydroxylation is 1. The van der Waals surface area contributed by atoms with Crippen molar-refractivity contribution in [3.05, 3.63) is 53.7 Å². The molecule has 3 aromatic rings. The van der Waals surface area contributed by atoms with Crippen LogP contribution in [-0.4, -0.2) is 15.0 Å². The molecule has 0 unspecified atom stereocenters. The molecule has 3 rings (SSSR count). The van der Waals surface area contributed by atoms with Crippen molar-refractivity contribution < 1.29 is 1.43 Å². The Bertz CT molecular complexity index is 879. The van der Waals surface area contributed by atoms with Gasteiger partial charge in [-0.15, -0.1) is 0 Å². The lowest BCUT2D eigenvalue weighted by Gasteiger charge is -2.04. The van der Waals surface area contributed by atoms with E-state index < -0.39 is 0 Å². The van der Waals surface area contributed by atoms with Crippen molar-refractivity contribution in [3.8, 4) is 11.8 Å². The second-order valence-electron chi connectivity index (χ2n) is 4.64. The van der Waals surface area contributed by atoms with E-state index in [1.807, 2.05) is 13.0 Å². The molecule has 0 saturated heterocycles. The van der Waals surface area contributed by atoms with Crippen LogP contribution in [0.15, 0.2) is 36.8 Å². The minimum Gasteiger partial charge on any atom is -0.397 e. The Morgan fingerprint density at radius 3 is 2.57 bits per heavy atom. The number of rotatable bonds is 0. The molecule has 0 aliphatic carbocycles. The first-order chi connectivity index (χ1) is 10.1. The molecule has 0 amide bonds. The summed E-state index contributed by atoms with van der Waals surface area (Å²) in [5, 5.41) is 1.89. The molecule has 0 saturated carbocycles. The van der Waals surface area contributed by atoms with Gasteiger partial charge >= 0.3 is 0 Å². The van der Waals surface area contributed by atoms with Crippen molar-refractivity contribution in [2.75, 3.05) is 11.5 Å². The average molecular weight is 277 g/mol. The molecule has 104 valence electrons. The van der Waals surface area contributed by atoms with Crippen LogP contribution in [0.25, 0.3) is 10.8 Å². The fourth-order valence-electron chi connectivity index (χ4n) is 1.99. The highest BCUT2D eigenvalue weighted by Crippen LogP contribution is 2.21. The van der Waals surface area contributed by atoms with E-state index >= 15 is 0 Å². The summed E-state index contributed by atoms with van der Waals surface area (Å²) in [5.74, 6) is 6.54. The normalized spacial score (nSPS) is 10.1. The fourth-order valence-corrected chi connectivity index (χ4v) is 1.99. The number of anilines is 2. The number of nitrogens with zero attached hydrogens (tertiary/aromatic N) is 3. The van der Waals surface area contributed by atoms with Gasteiger partial charge in [-0.25, -0.2) is 9.97 Å². The number of pyridine rings is 3. The van der Waals surface area contributed by atoms with Gasteiger partial charge in [0.1, 0.15) is 11.5 Å². The predicted molar refractivity (Wildman–Crippen MR) is 85.4 cm³/mol. The van der Waals surface area contributed by atoms with Gasteiger partial charge in [-0.05, 0) is 31.0 Å². The van der Waals surface area contributed by atoms with Crippen LogP contribution < -0.4 is 11.5 Å². The number of hydrogen-bond donors (Lipinski definition) is 2. The van der Waals surface area contributed by atoms with Gasteiger partial charge in [0.25, 0.3) is 0 Å². The monoisotopic (exact) mass is 277 g/mol. The maximum Gasteiger partial charge on any atom is 0.123 e. The smallest absolute Gasteiger partial charge is 0.123 e. The van der Waals surface area contributed by atoms with Crippen LogP contribution in [0.2, 0.25) is 0 Å². The third kappa shape index (κ3) is 2.60. The lowest BCUT2D eigenvalue weighted by molar-refractivity contribution is 1.22. The van der Waals surface area contributed by atoms with Crippen LogP contribution in [0.4, 0.5) is 11.5 Å². The van der Waals surface area contributed by atoms with E-state index in [9.17, 15) is 0 Å². The summed E-state index contributed by atoms with van der Waals surface area (Å²) in [5.41, 5.74) is 14.3. The van der Waals surface area contributed by atoms with Crippen LogP contribution in [0.3, 0.4) is 0 Å². The summed E-state index contributed by atoms with van der Waals surface area (Å²) < 4.78 is 0. The van der Waals surface area contributed by atoms with Crippen molar-refractivity contribution in [1.82, 2.24) is 15.0 Å². The molecule has 0 aromatic carbocycles. The molecule has 0 fully saturated rings. The first-order valence-electron chi connectivity index (χ1n) is 6.38. The number of hydrogen-bond acceptors (Lipinski definition) is 5. The minimum atomic E-state index is 0. The van der Waals surface area contributed by atoms with Gasteiger partial charge in [-0.3, -0.25) is 4.98 Å². The van der Waals surface area contributed by atoms with Crippen molar-refractivity contribution in [1.29, 1.82) is 0 Å². The predicted octanol–water partition coefficient (Wildman–Crippen LogP) is 2.14. The van der Waals surface area contributed by atoms with E-state index in [0.29, 0.717) is 17.2 Å².